The molecule has 3 N–H and O–H groups in total. The predicted octanol–water partition coefficient (Wildman–Crippen LogP) is 1.55. The minimum Gasteiger partial charge on any atom is -0.496 e. The van der Waals surface area contributed by atoms with Gasteiger partial charge in [-0.15, -0.1) is 11.3 Å². The van der Waals surface area contributed by atoms with Crippen LogP contribution in [0.15, 0.2) is 17.5 Å². The Balaban J connectivity index is 2.16. The molecular weight excluding hydrogens is 248 g/mol. The van der Waals surface area contributed by atoms with E-state index in [4.69, 9.17) is 10.6 Å². The largest absolute Gasteiger partial charge is 0.496 e. The summed E-state index contributed by atoms with van der Waals surface area (Å²) in [4.78, 5) is 1.16. The molecule has 18 heavy (non-hydrogen) atoms. The first-order valence-electron chi connectivity index (χ1n) is 5.72. The van der Waals surface area contributed by atoms with Crippen molar-refractivity contribution in [2.24, 2.45) is 12.9 Å². The van der Waals surface area contributed by atoms with Crippen molar-refractivity contribution in [3.63, 3.8) is 0 Å². The van der Waals surface area contributed by atoms with Crippen LogP contribution in [0.2, 0.25) is 0 Å². The number of nitrogens with zero attached hydrogens (tertiary/aromatic N) is 2. The van der Waals surface area contributed by atoms with Gasteiger partial charge in [0.15, 0.2) is 0 Å². The fraction of sp³-hybridized carbons (Fsp3) is 0.417. The molecule has 0 saturated carbocycles. The van der Waals surface area contributed by atoms with Gasteiger partial charge in [-0.3, -0.25) is 16.0 Å². The van der Waals surface area contributed by atoms with Crippen molar-refractivity contribution in [1.82, 2.24) is 15.2 Å². The van der Waals surface area contributed by atoms with Gasteiger partial charge in [-0.25, -0.2) is 0 Å². The minimum absolute atomic E-state index is 0.0775. The van der Waals surface area contributed by atoms with E-state index in [-0.39, 0.29) is 6.04 Å². The van der Waals surface area contributed by atoms with E-state index in [0.29, 0.717) is 0 Å². The highest BCUT2D eigenvalue weighted by molar-refractivity contribution is 7.10. The molecule has 0 aliphatic rings. The summed E-state index contributed by atoms with van der Waals surface area (Å²) in [6, 6.07) is 4.17. The van der Waals surface area contributed by atoms with Crippen LogP contribution in [-0.2, 0) is 13.5 Å². The lowest BCUT2D eigenvalue weighted by atomic mass is 10.1. The Labute approximate surface area is 111 Å². The molecule has 0 aliphatic heterocycles. The van der Waals surface area contributed by atoms with Gasteiger partial charge in [0.05, 0.1) is 18.8 Å². The average Bonchev–Trinajstić information content (AvgIpc) is 2.93. The average molecular weight is 266 g/mol. The van der Waals surface area contributed by atoms with Gasteiger partial charge in [-0.1, -0.05) is 0 Å². The second-order valence-corrected chi connectivity index (χ2v) is 5.16. The Morgan fingerprint density at radius 3 is 2.83 bits per heavy atom. The van der Waals surface area contributed by atoms with Crippen LogP contribution in [0, 0.1) is 6.92 Å². The second kappa shape index (κ2) is 5.51. The summed E-state index contributed by atoms with van der Waals surface area (Å²) >= 11 is 1.64. The van der Waals surface area contributed by atoms with Crippen LogP contribution in [0.1, 0.15) is 22.3 Å². The third-order valence-corrected chi connectivity index (χ3v) is 3.91. The number of methoxy groups -OCH3 is 1. The van der Waals surface area contributed by atoms with Gasteiger partial charge in [-0.05, 0) is 19.1 Å². The molecule has 0 saturated heterocycles. The van der Waals surface area contributed by atoms with E-state index < -0.39 is 0 Å². The maximum Gasteiger partial charge on any atom is 0.129 e. The molecule has 6 heteroatoms. The number of hydrogen-bond acceptors (Lipinski definition) is 5. The van der Waals surface area contributed by atoms with E-state index >= 15 is 0 Å². The molecule has 2 aromatic heterocycles. The fourth-order valence-corrected chi connectivity index (χ4v) is 2.85. The lowest BCUT2D eigenvalue weighted by Gasteiger charge is -2.13. The maximum atomic E-state index is 5.65. The van der Waals surface area contributed by atoms with Crippen molar-refractivity contribution < 1.29 is 4.74 Å². The first-order valence-corrected chi connectivity index (χ1v) is 6.60. The highest BCUT2D eigenvalue weighted by Crippen LogP contribution is 2.28. The van der Waals surface area contributed by atoms with Crippen LogP contribution < -0.4 is 16.0 Å². The van der Waals surface area contributed by atoms with Crippen LogP contribution in [0.25, 0.3) is 0 Å². The van der Waals surface area contributed by atoms with E-state index in [9.17, 15) is 0 Å². The number of hydrogen-bond donors (Lipinski definition) is 2. The number of thiophene rings is 1. The monoisotopic (exact) mass is 266 g/mol. The van der Waals surface area contributed by atoms with Gasteiger partial charge in [0, 0.05) is 29.4 Å². The van der Waals surface area contributed by atoms with Gasteiger partial charge in [-0.2, -0.15) is 5.10 Å². The Hall–Kier alpha value is -1.37. The number of hydrazine groups is 1. The lowest BCUT2D eigenvalue weighted by molar-refractivity contribution is 0.415. The summed E-state index contributed by atoms with van der Waals surface area (Å²) in [7, 11) is 3.62. The predicted molar refractivity (Wildman–Crippen MR) is 72.6 cm³/mol. The van der Waals surface area contributed by atoms with Crippen molar-refractivity contribution in [2.45, 2.75) is 19.4 Å². The zero-order valence-corrected chi connectivity index (χ0v) is 11.6. The van der Waals surface area contributed by atoms with E-state index in [0.717, 1.165) is 28.4 Å². The molecule has 0 amide bonds. The standard InChI is InChI=1S/C12H18N4OS/c1-8-4-9(16(2)15-8)5-11(14-13)12-6-10(17-3)7-18-12/h4,6-7,11,14H,5,13H2,1-3H3. The first-order chi connectivity index (χ1) is 8.63. The highest BCUT2D eigenvalue weighted by atomic mass is 32.1. The van der Waals surface area contributed by atoms with Crippen LogP contribution in [0.5, 0.6) is 5.75 Å². The molecule has 0 aliphatic carbocycles. The van der Waals surface area contributed by atoms with Crippen molar-refractivity contribution in [1.29, 1.82) is 0 Å². The van der Waals surface area contributed by atoms with Crippen molar-refractivity contribution in [2.75, 3.05) is 7.11 Å². The third-order valence-electron chi connectivity index (χ3n) is 2.89. The SMILES string of the molecule is COc1csc(C(Cc2cc(C)nn2C)NN)c1. The molecular formula is C12H18N4OS. The summed E-state index contributed by atoms with van der Waals surface area (Å²) < 4.78 is 7.09. The van der Waals surface area contributed by atoms with Gasteiger partial charge in [0.2, 0.25) is 0 Å². The Kier molecular flexibility index (Phi) is 4.00. The Bertz CT molecular complexity index is 520. The molecule has 2 aromatic rings. The molecule has 2 heterocycles. The van der Waals surface area contributed by atoms with E-state index in [1.165, 1.54) is 0 Å². The summed E-state index contributed by atoms with van der Waals surface area (Å²) in [5.74, 6) is 6.52. The third kappa shape index (κ3) is 2.72. The molecule has 0 fully saturated rings. The van der Waals surface area contributed by atoms with E-state index in [2.05, 4.69) is 16.6 Å². The number of aromatic nitrogens is 2. The smallest absolute Gasteiger partial charge is 0.129 e. The van der Waals surface area contributed by atoms with Gasteiger partial charge in [0.1, 0.15) is 5.75 Å². The zero-order valence-electron chi connectivity index (χ0n) is 10.8. The number of nitrogens with two attached hydrogens (primary N) is 1. The molecule has 0 radical (unpaired) electrons. The molecule has 0 spiro atoms. The van der Waals surface area contributed by atoms with Gasteiger partial charge < -0.3 is 4.74 Å². The number of nitrogens with one attached hydrogen (secondary N) is 1. The Morgan fingerprint density at radius 2 is 2.33 bits per heavy atom. The van der Waals surface area contributed by atoms with Crippen molar-refractivity contribution in [3.8, 4) is 5.75 Å². The van der Waals surface area contributed by atoms with Crippen molar-refractivity contribution >= 4 is 11.3 Å². The molecule has 0 aromatic carbocycles. The quantitative estimate of drug-likeness (QED) is 0.636. The molecule has 1 atom stereocenters. The van der Waals surface area contributed by atoms with Crippen LogP contribution >= 0.6 is 11.3 Å². The number of rotatable bonds is 5. The van der Waals surface area contributed by atoms with Gasteiger partial charge >= 0.3 is 0 Å². The van der Waals surface area contributed by atoms with E-state index in [1.54, 1.807) is 18.4 Å². The lowest BCUT2D eigenvalue weighted by Crippen LogP contribution is -2.29. The topological polar surface area (TPSA) is 65.1 Å². The summed E-state index contributed by atoms with van der Waals surface area (Å²) in [6.45, 7) is 1.99. The molecule has 0 bridgehead atoms. The number of aryl methyl sites for hydroxylation is 2. The second-order valence-electron chi connectivity index (χ2n) is 4.21. The Morgan fingerprint density at radius 1 is 1.56 bits per heavy atom. The number of ether oxygens (including phenoxy) is 1. The van der Waals surface area contributed by atoms with Crippen molar-refractivity contribution in [3.05, 3.63) is 33.8 Å². The summed E-state index contributed by atoms with van der Waals surface area (Å²) in [6.07, 6.45) is 0.803. The minimum atomic E-state index is 0.0775. The zero-order chi connectivity index (χ0) is 13.1. The normalized spacial score (nSPS) is 12.7. The van der Waals surface area contributed by atoms with Crippen LogP contribution in [0.3, 0.4) is 0 Å². The first kappa shape index (κ1) is 13.1. The summed E-state index contributed by atoms with van der Waals surface area (Å²) in [5, 5.41) is 6.32. The van der Waals surface area contributed by atoms with E-state index in [1.807, 2.05) is 30.1 Å². The molecule has 1 unspecified atom stereocenters. The van der Waals surface area contributed by atoms with Crippen LogP contribution in [-0.4, -0.2) is 16.9 Å². The fourth-order valence-electron chi connectivity index (χ4n) is 1.93. The molecule has 98 valence electrons. The maximum absolute atomic E-state index is 5.65. The highest BCUT2D eigenvalue weighted by Gasteiger charge is 2.15. The summed E-state index contributed by atoms with van der Waals surface area (Å²) in [5.41, 5.74) is 5.03. The molecule has 2 rings (SSSR count). The van der Waals surface area contributed by atoms with Crippen LogP contribution in [0.4, 0.5) is 0 Å². The van der Waals surface area contributed by atoms with Gasteiger partial charge in [0.25, 0.3) is 0 Å². The molecule has 5 nitrogen and oxygen atoms in total.